The van der Waals surface area contributed by atoms with Gasteiger partial charge < -0.3 is 5.32 Å². The van der Waals surface area contributed by atoms with Gasteiger partial charge >= 0.3 is 0 Å². The van der Waals surface area contributed by atoms with Gasteiger partial charge in [0.1, 0.15) is 12.1 Å². The molecule has 0 amide bonds. The summed E-state index contributed by atoms with van der Waals surface area (Å²) < 4.78 is 26.5. The Bertz CT molecular complexity index is 751. The summed E-state index contributed by atoms with van der Waals surface area (Å²) in [5, 5.41) is 4.09. The Labute approximate surface area is 128 Å². The molecule has 6 nitrogen and oxygen atoms in total. The van der Waals surface area contributed by atoms with Crippen LogP contribution in [-0.4, -0.2) is 47.5 Å². The van der Waals surface area contributed by atoms with Crippen LogP contribution >= 0.6 is 11.6 Å². The van der Waals surface area contributed by atoms with E-state index in [0.717, 1.165) is 24.2 Å². The van der Waals surface area contributed by atoms with E-state index in [4.69, 9.17) is 11.6 Å². The van der Waals surface area contributed by atoms with E-state index < -0.39 is 10.0 Å². The molecule has 3 rings (SSSR count). The number of halogens is 1. The summed E-state index contributed by atoms with van der Waals surface area (Å²) >= 11 is 6.11. The van der Waals surface area contributed by atoms with Crippen LogP contribution in [0.2, 0.25) is 5.02 Å². The summed E-state index contributed by atoms with van der Waals surface area (Å²) in [5.74, 6) is 0.882. The van der Waals surface area contributed by atoms with Crippen molar-refractivity contribution in [3.63, 3.8) is 0 Å². The average Bonchev–Trinajstić information content (AvgIpc) is 2.86. The Kier molecular flexibility index (Phi) is 3.81. The quantitative estimate of drug-likeness (QED) is 0.933. The number of hydrogen-bond acceptors (Lipinski definition) is 4. The van der Waals surface area contributed by atoms with Crippen LogP contribution in [0.4, 0.5) is 5.82 Å². The third kappa shape index (κ3) is 3.14. The Morgan fingerprint density at radius 2 is 2.05 bits per heavy atom. The van der Waals surface area contributed by atoms with Crippen molar-refractivity contribution >= 4 is 33.0 Å². The van der Waals surface area contributed by atoms with E-state index >= 15 is 0 Å². The number of fused-ring (bicyclic) bond motifs is 1. The number of sulfonamides is 1. The molecule has 2 aromatic rings. The minimum absolute atomic E-state index is 0.229. The predicted molar refractivity (Wildman–Crippen MR) is 83.3 cm³/mol. The smallest absolute Gasteiger partial charge is 0.211 e. The number of anilines is 1. The van der Waals surface area contributed by atoms with Crippen LogP contribution in [0.15, 0.2) is 24.7 Å². The van der Waals surface area contributed by atoms with Crippen molar-refractivity contribution in [2.24, 2.45) is 0 Å². The lowest BCUT2D eigenvalue weighted by molar-refractivity contribution is 0.331. The molecule has 21 heavy (non-hydrogen) atoms. The zero-order valence-corrected chi connectivity index (χ0v) is 13.2. The third-order valence-electron chi connectivity index (χ3n) is 3.76. The lowest BCUT2D eigenvalue weighted by Crippen LogP contribution is -2.42. The predicted octanol–water partition coefficient (Wildman–Crippen LogP) is 1.82. The molecule has 0 atom stereocenters. The van der Waals surface area contributed by atoms with Crippen LogP contribution in [0.5, 0.6) is 0 Å². The van der Waals surface area contributed by atoms with Gasteiger partial charge in [0, 0.05) is 24.2 Å². The number of nitrogens with zero attached hydrogens (tertiary/aromatic N) is 3. The zero-order chi connectivity index (χ0) is 15.0. The first-order valence-corrected chi connectivity index (χ1v) is 8.99. The molecule has 1 aliphatic heterocycles. The summed E-state index contributed by atoms with van der Waals surface area (Å²) in [6.07, 6.45) is 6.29. The van der Waals surface area contributed by atoms with Gasteiger partial charge in [-0.3, -0.25) is 4.40 Å². The second kappa shape index (κ2) is 5.47. The molecule has 0 aromatic carbocycles. The number of rotatable bonds is 3. The highest BCUT2D eigenvalue weighted by Gasteiger charge is 2.25. The molecule has 1 N–H and O–H groups in total. The second-order valence-corrected chi connectivity index (χ2v) is 7.75. The SMILES string of the molecule is CS(=O)(=O)N1CCC(Nc2cc(Cl)cc3cncn23)CC1. The van der Waals surface area contributed by atoms with Gasteiger partial charge in [0.2, 0.25) is 10.0 Å². The minimum Gasteiger partial charge on any atom is -0.368 e. The number of imidazole rings is 1. The van der Waals surface area contributed by atoms with Gasteiger partial charge in [-0.1, -0.05) is 11.6 Å². The fraction of sp³-hybridized carbons (Fsp3) is 0.462. The number of hydrogen-bond donors (Lipinski definition) is 1. The lowest BCUT2D eigenvalue weighted by Gasteiger charge is -2.31. The number of aromatic nitrogens is 2. The van der Waals surface area contributed by atoms with E-state index in [0.29, 0.717) is 18.1 Å². The normalized spacial score (nSPS) is 18.2. The van der Waals surface area contributed by atoms with E-state index in [-0.39, 0.29) is 6.04 Å². The number of pyridine rings is 1. The summed E-state index contributed by atoms with van der Waals surface area (Å²) in [6, 6.07) is 3.94. The molecule has 114 valence electrons. The van der Waals surface area contributed by atoms with Gasteiger partial charge in [-0.15, -0.1) is 0 Å². The molecule has 3 heterocycles. The summed E-state index contributed by atoms with van der Waals surface area (Å²) in [6.45, 7) is 1.09. The maximum Gasteiger partial charge on any atom is 0.211 e. The van der Waals surface area contributed by atoms with Crippen molar-refractivity contribution in [1.82, 2.24) is 13.7 Å². The van der Waals surface area contributed by atoms with Gasteiger partial charge in [0.25, 0.3) is 0 Å². The molecule has 1 saturated heterocycles. The molecule has 1 aliphatic rings. The van der Waals surface area contributed by atoms with Crippen LogP contribution in [0.1, 0.15) is 12.8 Å². The Balaban J connectivity index is 1.74. The fourth-order valence-corrected chi connectivity index (χ4v) is 3.74. The molecule has 0 saturated carbocycles. The van der Waals surface area contributed by atoms with E-state index in [2.05, 4.69) is 10.3 Å². The first-order valence-electron chi connectivity index (χ1n) is 6.77. The van der Waals surface area contributed by atoms with Crippen molar-refractivity contribution in [3.05, 3.63) is 29.7 Å². The zero-order valence-electron chi connectivity index (χ0n) is 11.7. The van der Waals surface area contributed by atoms with Crippen molar-refractivity contribution < 1.29 is 8.42 Å². The Hall–Kier alpha value is -1.31. The largest absolute Gasteiger partial charge is 0.368 e. The van der Waals surface area contributed by atoms with Crippen molar-refractivity contribution in [2.75, 3.05) is 24.7 Å². The molecule has 8 heteroatoms. The molecule has 0 radical (unpaired) electrons. The summed E-state index contributed by atoms with van der Waals surface area (Å²) in [7, 11) is -3.09. The summed E-state index contributed by atoms with van der Waals surface area (Å²) in [4.78, 5) is 4.12. The number of nitrogens with one attached hydrogen (secondary N) is 1. The highest BCUT2D eigenvalue weighted by Crippen LogP contribution is 2.23. The van der Waals surface area contributed by atoms with Crippen molar-refractivity contribution in [1.29, 1.82) is 0 Å². The van der Waals surface area contributed by atoms with Gasteiger partial charge in [-0.05, 0) is 25.0 Å². The highest BCUT2D eigenvalue weighted by atomic mass is 35.5. The van der Waals surface area contributed by atoms with Crippen LogP contribution in [0.3, 0.4) is 0 Å². The van der Waals surface area contributed by atoms with Gasteiger partial charge in [-0.2, -0.15) is 0 Å². The van der Waals surface area contributed by atoms with Crippen LogP contribution < -0.4 is 5.32 Å². The third-order valence-corrected chi connectivity index (χ3v) is 5.28. The van der Waals surface area contributed by atoms with E-state index in [1.54, 1.807) is 12.5 Å². The average molecular weight is 329 g/mol. The van der Waals surface area contributed by atoms with Crippen LogP contribution in [-0.2, 0) is 10.0 Å². The standard InChI is InChI=1S/C13H17ClN4O2S/c1-21(19,20)17-4-2-11(3-5-17)16-13-7-10(14)6-12-8-15-9-18(12)13/h6-9,11,16H,2-5H2,1H3. The van der Waals surface area contributed by atoms with E-state index in [1.165, 1.54) is 10.6 Å². The first kappa shape index (κ1) is 14.6. The van der Waals surface area contributed by atoms with Crippen LogP contribution in [0, 0.1) is 0 Å². The molecular weight excluding hydrogens is 312 g/mol. The summed E-state index contributed by atoms with van der Waals surface area (Å²) in [5.41, 5.74) is 0.929. The molecule has 1 fully saturated rings. The molecule has 0 bridgehead atoms. The molecule has 2 aromatic heterocycles. The topological polar surface area (TPSA) is 66.7 Å². The van der Waals surface area contributed by atoms with Gasteiger partial charge in [0.15, 0.2) is 0 Å². The van der Waals surface area contributed by atoms with E-state index in [1.807, 2.05) is 16.5 Å². The van der Waals surface area contributed by atoms with Gasteiger partial charge in [0.05, 0.1) is 18.0 Å². The fourth-order valence-electron chi connectivity index (χ4n) is 2.65. The molecule has 0 spiro atoms. The van der Waals surface area contributed by atoms with Crippen molar-refractivity contribution in [3.8, 4) is 0 Å². The molecule has 0 unspecified atom stereocenters. The second-order valence-electron chi connectivity index (χ2n) is 5.33. The Morgan fingerprint density at radius 1 is 1.33 bits per heavy atom. The maximum atomic E-state index is 11.5. The Morgan fingerprint density at radius 3 is 2.71 bits per heavy atom. The number of piperidine rings is 1. The first-order chi connectivity index (χ1) is 9.93. The molecule has 0 aliphatic carbocycles. The molecular formula is C13H17ClN4O2S. The van der Waals surface area contributed by atoms with Crippen LogP contribution in [0.25, 0.3) is 5.52 Å². The maximum absolute atomic E-state index is 11.5. The van der Waals surface area contributed by atoms with Gasteiger partial charge in [-0.25, -0.2) is 17.7 Å². The van der Waals surface area contributed by atoms with E-state index in [9.17, 15) is 8.42 Å². The van der Waals surface area contributed by atoms with Crippen molar-refractivity contribution in [2.45, 2.75) is 18.9 Å². The lowest BCUT2D eigenvalue weighted by atomic mass is 10.1. The highest BCUT2D eigenvalue weighted by molar-refractivity contribution is 7.88. The minimum atomic E-state index is -3.09. The monoisotopic (exact) mass is 328 g/mol.